The second-order valence-corrected chi connectivity index (χ2v) is 7.20. The summed E-state index contributed by atoms with van der Waals surface area (Å²) in [6.45, 7) is 7.73. The van der Waals surface area contributed by atoms with Gasteiger partial charge in [-0.3, -0.25) is 4.90 Å². The first kappa shape index (κ1) is 13.6. The van der Waals surface area contributed by atoms with Crippen LogP contribution in [0.1, 0.15) is 29.3 Å². The standard InChI is InChI=1S/C16H21N3S/c1-12-3-5-13(6-4-12)16(2)7-8-19(11-16)10-14-9-18-15(17)20-14/h3-6,9H,7-8,10-11H2,1-2H3,(H2,17,18). The van der Waals surface area contributed by atoms with Crippen LogP contribution in [-0.4, -0.2) is 23.0 Å². The van der Waals surface area contributed by atoms with Gasteiger partial charge in [-0.15, -0.1) is 11.3 Å². The van der Waals surface area contributed by atoms with E-state index in [1.54, 1.807) is 11.3 Å². The zero-order valence-electron chi connectivity index (χ0n) is 12.1. The van der Waals surface area contributed by atoms with Crippen molar-refractivity contribution in [1.29, 1.82) is 0 Å². The zero-order valence-corrected chi connectivity index (χ0v) is 12.9. The van der Waals surface area contributed by atoms with E-state index in [2.05, 4.69) is 48.0 Å². The van der Waals surface area contributed by atoms with Crippen molar-refractivity contribution in [2.75, 3.05) is 18.8 Å². The average molecular weight is 287 g/mol. The molecule has 1 unspecified atom stereocenters. The number of aryl methyl sites for hydroxylation is 1. The Kier molecular flexibility index (Phi) is 3.52. The molecule has 0 bridgehead atoms. The van der Waals surface area contributed by atoms with Crippen LogP contribution in [0.2, 0.25) is 0 Å². The van der Waals surface area contributed by atoms with Gasteiger partial charge in [-0.1, -0.05) is 36.8 Å². The smallest absolute Gasteiger partial charge is 0.180 e. The zero-order chi connectivity index (χ0) is 14.2. The van der Waals surface area contributed by atoms with E-state index < -0.39 is 0 Å². The average Bonchev–Trinajstić information content (AvgIpc) is 2.98. The predicted octanol–water partition coefficient (Wildman–Crippen LogP) is 3.20. The number of thiazole rings is 1. The Labute approximate surface area is 124 Å². The summed E-state index contributed by atoms with van der Waals surface area (Å²) in [7, 11) is 0. The molecular formula is C16H21N3S. The van der Waals surface area contributed by atoms with Crippen LogP contribution in [0.15, 0.2) is 30.5 Å². The molecule has 1 atom stereocenters. The van der Waals surface area contributed by atoms with E-state index in [0.29, 0.717) is 5.13 Å². The van der Waals surface area contributed by atoms with Crippen molar-refractivity contribution in [2.45, 2.75) is 32.2 Å². The molecule has 1 aliphatic heterocycles. The lowest BCUT2D eigenvalue weighted by Crippen LogP contribution is -2.27. The van der Waals surface area contributed by atoms with Crippen molar-refractivity contribution in [1.82, 2.24) is 9.88 Å². The van der Waals surface area contributed by atoms with Gasteiger partial charge in [0, 0.05) is 29.6 Å². The molecule has 1 fully saturated rings. The van der Waals surface area contributed by atoms with Crippen LogP contribution in [-0.2, 0) is 12.0 Å². The SMILES string of the molecule is Cc1ccc(C2(C)CCN(Cc3cnc(N)s3)C2)cc1. The Morgan fingerprint density at radius 1 is 1.35 bits per heavy atom. The molecule has 1 saturated heterocycles. The molecule has 1 aromatic heterocycles. The van der Waals surface area contributed by atoms with E-state index >= 15 is 0 Å². The lowest BCUT2D eigenvalue weighted by Gasteiger charge is -2.25. The molecular weight excluding hydrogens is 266 g/mol. The van der Waals surface area contributed by atoms with Crippen LogP contribution in [0.25, 0.3) is 0 Å². The highest BCUT2D eigenvalue weighted by Gasteiger charge is 2.35. The Bertz CT molecular complexity index is 590. The maximum atomic E-state index is 5.70. The molecule has 0 aliphatic carbocycles. The third-order valence-corrected chi connectivity index (χ3v) is 5.06. The van der Waals surface area contributed by atoms with Crippen LogP contribution < -0.4 is 5.73 Å². The number of nitrogen functional groups attached to an aromatic ring is 1. The van der Waals surface area contributed by atoms with E-state index in [-0.39, 0.29) is 5.41 Å². The summed E-state index contributed by atoms with van der Waals surface area (Å²) in [5.41, 5.74) is 8.75. The highest BCUT2D eigenvalue weighted by atomic mass is 32.1. The normalized spacial score (nSPS) is 23.3. The van der Waals surface area contributed by atoms with E-state index in [4.69, 9.17) is 5.73 Å². The maximum absolute atomic E-state index is 5.70. The molecule has 0 saturated carbocycles. The molecule has 20 heavy (non-hydrogen) atoms. The molecule has 0 spiro atoms. The number of nitrogens with two attached hydrogens (primary N) is 1. The topological polar surface area (TPSA) is 42.2 Å². The Morgan fingerprint density at radius 2 is 2.10 bits per heavy atom. The number of nitrogens with zero attached hydrogens (tertiary/aromatic N) is 2. The number of hydrogen-bond acceptors (Lipinski definition) is 4. The molecule has 106 valence electrons. The largest absolute Gasteiger partial charge is 0.375 e. The minimum atomic E-state index is 0.268. The summed E-state index contributed by atoms with van der Waals surface area (Å²) < 4.78 is 0. The van der Waals surface area contributed by atoms with Crippen LogP contribution in [0, 0.1) is 6.92 Å². The molecule has 1 aromatic carbocycles. The molecule has 3 nitrogen and oxygen atoms in total. The Hall–Kier alpha value is -1.39. The van der Waals surface area contributed by atoms with Gasteiger partial charge in [0.25, 0.3) is 0 Å². The first-order valence-electron chi connectivity index (χ1n) is 7.05. The second kappa shape index (κ2) is 5.19. The quantitative estimate of drug-likeness (QED) is 0.942. The summed E-state index contributed by atoms with van der Waals surface area (Å²) >= 11 is 1.60. The summed E-state index contributed by atoms with van der Waals surface area (Å²) in [6, 6.07) is 8.99. The van der Waals surface area contributed by atoms with Gasteiger partial charge in [-0.25, -0.2) is 4.98 Å². The van der Waals surface area contributed by atoms with Gasteiger partial charge < -0.3 is 5.73 Å². The van der Waals surface area contributed by atoms with E-state index in [9.17, 15) is 0 Å². The lowest BCUT2D eigenvalue weighted by molar-refractivity contribution is 0.311. The fraction of sp³-hybridized carbons (Fsp3) is 0.438. The number of benzene rings is 1. The van der Waals surface area contributed by atoms with Gasteiger partial charge in [0.1, 0.15) is 0 Å². The minimum Gasteiger partial charge on any atom is -0.375 e. The molecule has 2 N–H and O–H groups in total. The monoisotopic (exact) mass is 287 g/mol. The van der Waals surface area contributed by atoms with Gasteiger partial charge in [-0.2, -0.15) is 0 Å². The second-order valence-electron chi connectivity index (χ2n) is 6.05. The molecule has 0 radical (unpaired) electrons. The molecule has 4 heteroatoms. The molecule has 2 heterocycles. The summed E-state index contributed by atoms with van der Waals surface area (Å²) in [4.78, 5) is 7.90. The van der Waals surface area contributed by atoms with Gasteiger partial charge in [-0.05, 0) is 25.5 Å². The van der Waals surface area contributed by atoms with Crippen LogP contribution in [0.4, 0.5) is 5.13 Å². The Morgan fingerprint density at radius 3 is 2.75 bits per heavy atom. The maximum Gasteiger partial charge on any atom is 0.180 e. The van der Waals surface area contributed by atoms with Crippen LogP contribution in [0.5, 0.6) is 0 Å². The van der Waals surface area contributed by atoms with Gasteiger partial charge >= 0.3 is 0 Å². The number of hydrogen-bond donors (Lipinski definition) is 1. The van der Waals surface area contributed by atoms with Gasteiger partial charge in [0.15, 0.2) is 5.13 Å². The van der Waals surface area contributed by atoms with Gasteiger partial charge in [0.2, 0.25) is 0 Å². The number of anilines is 1. The Balaban J connectivity index is 1.70. The summed E-state index contributed by atoms with van der Waals surface area (Å²) in [5.74, 6) is 0. The number of likely N-dealkylation sites (tertiary alicyclic amines) is 1. The fourth-order valence-corrected chi connectivity index (χ4v) is 3.73. The predicted molar refractivity (Wildman–Crippen MR) is 85.0 cm³/mol. The third-order valence-electron chi connectivity index (χ3n) is 4.25. The summed E-state index contributed by atoms with van der Waals surface area (Å²) in [6.07, 6.45) is 3.12. The highest BCUT2D eigenvalue weighted by Crippen LogP contribution is 2.35. The lowest BCUT2D eigenvalue weighted by atomic mass is 9.81. The summed E-state index contributed by atoms with van der Waals surface area (Å²) in [5, 5.41) is 0.667. The molecule has 0 amide bonds. The highest BCUT2D eigenvalue weighted by molar-refractivity contribution is 7.15. The number of aromatic nitrogens is 1. The number of rotatable bonds is 3. The van der Waals surface area contributed by atoms with Crippen molar-refractivity contribution in [3.63, 3.8) is 0 Å². The molecule has 3 rings (SSSR count). The van der Waals surface area contributed by atoms with Crippen molar-refractivity contribution in [2.24, 2.45) is 0 Å². The van der Waals surface area contributed by atoms with Crippen molar-refractivity contribution >= 4 is 16.5 Å². The molecule has 1 aliphatic rings. The first-order valence-corrected chi connectivity index (χ1v) is 7.86. The van der Waals surface area contributed by atoms with Crippen LogP contribution in [0.3, 0.4) is 0 Å². The van der Waals surface area contributed by atoms with Crippen molar-refractivity contribution < 1.29 is 0 Å². The van der Waals surface area contributed by atoms with E-state index in [1.165, 1.54) is 22.4 Å². The fourth-order valence-electron chi connectivity index (χ4n) is 3.00. The minimum absolute atomic E-state index is 0.268. The van der Waals surface area contributed by atoms with E-state index in [0.717, 1.165) is 19.6 Å². The van der Waals surface area contributed by atoms with E-state index in [1.807, 2.05) is 6.20 Å². The van der Waals surface area contributed by atoms with Crippen LogP contribution >= 0.6 is 11.3 Å². The van der Waals surface area contributed by atoms with Gasteiger partial charge in [0.05, 0.1) is 0 Å². The van der Waals surface area contributed by atoms with Crippen molar-refractivity contribution in [3.05, 3.63) is 46.5 Å². The van der Waals surface area contributed by atoms with Crippen molar-refractivity contribution in [3.8, 4) is 0 Å². The molecule has 2 aromatic rings. The first-order chi connectivity index (χ1) is 9.55. The third kappa shape index (κ3) is 2.72.